The molecule has 0 bridgehead atoms. The Morgan fingerprint density at radius 3 is 2.72 bits per heavy atom. The number of rotatable bonds is 5. The van der Waals surface area contributed by atoms with E-state index in [0.29, 0.717) is 18.7 Å². The van der Waals surface area contributed by atoms with Gasteiger partial charge in [0.2, 0.25) is 0 Å². The summed E-state index contributed by atoms with van der Waals surface area (Å²) < 4.78 is 19.3. The van der Waals surface area contributed by atoms with Crippen LogP contribution in [0.25, 0.3) is 0 Å². The van der Waals surface area contributed by atoms with Crippen molar-refractivity contribution >= 4 is 0 Å². The third kappa shape index (κ3) is 3.70. The topological polar surface area (TPSA) is 21.3 Å². The monoisotopic (exact) mass is 251 g/mol. The van der Waals surface area contributed by atoms with E-state index in [1.54, 1.807) is 12.1 Å². The van der Waals surface area contributed by atoms with E-state index < -0.39 is 0 Å². The molecule has 1 fully saturated rings. The van der Waals surface area contributed by atoms with Crippen molar-refractivity contribution in [3.63, 3.8) is 0 Å². The Labute approximate surface area is 109 Å². The summed E-state index contributed by atoms with van der Waals surface area (Å²) >= 11 is 0. The molecule has 18 heavy (non-hydrogen) atoms. The van der Waals surface area contributed by atoms with Crippen molar-refractivity contribution in [1.29, 1.82) is 0 Å². The maximum absolute atomic E-state index is 13.3. The number of nitrogens with one attached hydrogen (secondary N) is 1. The predicted octanol–water partition coefficient (Wildman–Crippen LogP) is 3.65. The molecule has 0 heterocycles. The zero-order chi connectivity index (χ0) is 13.0. The van der Waals surface area contributed by atoms with Crippen LogP contribution < -0.4 is 10.1 Å². The zero-order valence-electron chi connectivity index (χ0n) is 11.2. The minimum absolute atomic E-state index is 0.200. The molecule has 0 atom stereocenters. The second-order valence-corrected chi connectivity index (χ2v) is 5.31. The van der Waals surface area contributed by atoms with Crippen LogP contribution in [0.5, 0.6) is 5.75 Å². The van der Waals surface area contributed by atoms with Crippen LogP contribution in [0.15, 0.2) is 18.2 Å². The predicted molar refractivity (Wildman–Crippen MR) is 71.3 cm³/mol. The highest BCUT2D eigenvalue weighted by Gasteiger charge is 2.18. The zero-order valence-corrected chi connectivity index (χ0v) is 11.2. The lowest BCUT2D eigenvalue weighted by molar-refractivity contribution is 0.207. The summed E-state index contributed by atoms with van der Waals surface area (Å²) in [5, 5.41) is 3.31. The van der Waals surface area contributed by atoms with E-state index in [1.165, 1.54) is 18.9 Å². The maximum atomic E-state index is 13.3. The van der Waals surface area contributed by atoms with Gasteiger partial charge in [-0.3, -0.25) is 0 Å². The highest BCUT2D eigenvalue weighted by atomic mass is 19.1. The minimum Gasteiger partial charge on any atom is -0.490 e. The Bertz CT molecular complexity index is 386. The normalized spacial score (nSPS) is 16.4. The van der Waals surface area contributed by atoms with Crippen LogP contribution in [0.1, 0.15) is 45.1 Å². The lowest BCUT2D eigenvalue weighted by Gasteiger charge is -2.17. The van der Waals surface area contributed by atoms with Gasteiger partial charge in [0.25, 0.3) is 0 Å². The fourth-order valence-corrected chi connectivity index (χ4v) is 2.30. The van der Waals surface area contributed by atoms with Gasteiger partial charge in [-0.05, 0) is 43.9 Å². The third-order valence-corrected chi connectivity index (χ3v) is 3.32. The Kier molecular flexibility index (Phi) is 4.59. The summed E-state index contributed by atoms with van der Waals surface area (Å²) in [7, 11) is 0. The van der Waals surface area contributed by atoms with Gasteiger partial charge >= 0.3 is 0 Å². The van der Waals surface area contributed by atoms with Crippen LogP contribution in [-0.4, -0.2) is 12.1 Å². The van der Waals surface area contributed by atoms with Gasteiger partial charge in [0, 0.05) is 18.2 Å². The lowest BCUT2D eigenvalue weighted by atomic mass is 10.1. The van der Waals surface area contributed by atoms with E-state index in [-0.39, 0.29) is 5.82 Å². The lowest BCUT2D eigenvalue weighted by Crippen LogP contribution is -2.23. The summed E-state index contributed by atoms with van der Waals surface area (Å²) in [6.45, 7) is 4.81. The molecule has 2 rings (SSSR count). The molecule has 100 valence electrons. The molecule has 1 saturated carbocycles. The summed E-state index contributed by atoms with van der Waals surface area (Å²) in [5.74, 6) is 0.630. The molecule has 1 aliphatic carbocycles. The van der Waals surface area contributed by atoms with Gasteiger partial charge in [0.05, 0.1) is 6.10 Å². The Hall–Kier alpha value is -1.09. The highest BCUT2D eigenvalue weighted by molar-refractivity contribution is 5.34. The van der Waals surface area contributed by atoms with Crippen molar-refractivity contribution < 1.29 is 9.13 Å². The Balaban J connectivity index is 2.06. The average molecular weight is 251 g/mol. The molecule has 0 aromatic heterocycles. The molecular weight excluding hydrogens is 229 g/mol. The van der Waals surface area contributed by atoms with Crippen LogP contribution in [0, 0.1) is 5.82 Å². The van der Waals surface area contributed by atoms with E-state index in [2.05, 4.69) is 19.2 Å². The standard InChI is InChI=1S/C15H22FNO/c1-11(2)17-10-12-9-13(16)7-8-15(12)18-14-5-3-4-6-14/h7-9,11,14,17H,3-6,10H2,1-2H3. The Morgan fingerprint density at radius 1 is 1.33 bits per heavy atom. The number of halogens is 1. The molecule has 1 aliphatic rings. The quantitative estimate of drug-likeness (QED) is 0.862. The highest BCUT2D eigenvalue weighted by Crippen LogP contribution is 2.27. The first-order chi connectivity index (χ1) is 8.65. The molecule has 0 aliphatic heterocycles. The van der Waals surface area contributed by atoms with E-state index in [4.69, 9.17) is 4.74 Å². The number of ether oxygens (including phenoxy) is 1. The molecule has 0 radical (unpaired) electrons. The average Bonchev–Trinajstić information content (AvgIpc) is 2.82. The second-order valence-electron chi connectivity index (χ2n) is 5.31. The van der Waals surface area contributed by atoms with Gasteiger partial charge in [-0.15, -0.1) is 0 Å². The fourth-order valence-electron chi connectivity index (χ4n) is 2.30. The van der Waals surface area contributed by atoms with Crippen molar-refractivity contribution in [3.8, 4) is 5.75 Å². The van der Waals surface area contributed by atoms with Crippen molar-refractivity contribution in [2.24, 2.45) is 0 Å². The smallest absolute Gasteiger partial charge is 0.124 e. The minimum atomic E-state index is -0.200. The molecule has 0 unspecified atom stereocenters. The molecule has 0 saturated heterocycles. The SMILES string of the molecule is CC(C)NCc1cc(F)ccc1OC1CCCC1. The Morgan fingerprint density at radius 2 is 2.06 bits per heavy atom. The number of hydrogen-bond donors (Lipinski definition) is 1. The largest absolute Gasteiger partial charge is 0.490 e. The van der Waals surface area contributed by atoms with E-state index in [1.807, 2.05) is 0 Å². The summed E-state index contributed by atoms with van der Waals surface area (Å²) in [6.07, 6.45) is 5.04. The van der Waals surface area contributed by atoms with Crippen molar-refractivity contribution in [2.45, 2.75) is 58.2 Å². The first-order valence-corrected chi connectivity index (χ1v) is 6.83. The molecule has 1 aromatic rings. The van der Waals surface area contributed by atoms with E-state index in [0.717, 1.165) is 24.2 Å². The van der Waals surface area contributed by atoms with Crippen molar-refractivity contribution in [3.05, 3.63) is 29.6 Å². The van der Waals surface area contributed by atoms with Crippen LogP contribution in [0.4, 0.5) is 4.39 Å². The summed E-state index contributed by atoms with van der Waals surface area (Å²) in [4.78, 5) is 0. The van der Waals surface area contributed by atoms with Crippen molar-refractivity contribution in [2.75, 3.05) is 0 Å². The fraction of sp³-hybridized carbons (Fsp3) is 0.600. The molecule has 0 amide bonds. The van der Waals surface area contributed by atoms with Gasteiger partial charge < -0.3 is 10.1 Å². The van der Waals surface area contributed by atoms with Gasteiger partial charge in [-0.25, -0.2) is 4.39 Å². The van der Waals surface area contributed by atoms with Crippen LogP contribution in [0.3, 0.4) is 0 Å². The van der Waals surface area contributed by atoms with Gasteiger partial charge in [0.15, 0.2) is 0 Å². The summed E-state index contributed by atoms with van der Waals surface area (Å²) in [6, 6.07) is 5.18. The molecular formula is C15H22FNO. The van der Waals surface area contributed by atoms with Crippen LogP contribution >= 0.6 is 0 Å². The number of hydrogen-bond acceptors (Lipinski definition) is 2. The molecule has 1 N–H and O–H groups in total. The van der Waals surface area contributed by atoms with Crippen LogP contribution in [-0.2, 0) is 6.54 Å². The van der Waals surface area contributed by atoms with Gasteiger partial charge in [0.1, 0.15) is 11.6 Å². The number of benzene rings is 1. The maximum Gasteiger partial charge on any atom is 0.124 e. The summed E-state index contributed by atoms with van der Waals surface area (Å²) in [5.41, 5.74) is 0.913. The van der Waals surface area contributed by atoms with Crippen molar-refractivity contribution in [1.82, 2.24) is 5.32 Å². The first-order valence-electron chi connectivity index (χ1n) is 6.83. The van der Waals surface area contributed by atoms with Gasteiger partial charge in [-0.1, -0.05) is 13.8 Å². The molecule has 3 heteroatoms. The third-order valence-electron chi connectivity index (χ3n) is 3.32. The van der Waals surface area contributed by atoms with Gasteiger partial charge in [-0.2, -0.15) is 0 Å². The van der Waals surface area contributed by atoms with Crippen LogP contribution in [0.2, 0.25) is 0 Å². The molecule has 0 spiro atoms. The first kappa shape index (κ1) is 13.3. The molecule has 2 nitrogen and oxygen atoms in total. The van der Waals surface area contributed by atoms with E-state index in [9.17, 15) is 4.39 Å². The van der Waals surface area contributed by atoms with E-state index >= 15 is 0 Å². The molecule has 1 aromatic carbocycles. The second kappa shape index (κ2) is 6.19.